The molecule has 1 aromatic carbocycles. The standard InChI is InChI=1S/C15H21N3/c1-5-11-7-6-8-12(9-11)18-14(16)10-13(17-18)15(2,3)4/h6-10H,5,16H2,1-4H3. The summed E-state index contributed by atoms with van der Waals surface area (Å²) >= 11 is 0. The number of hydrogen-bond donors (Lipinski definition) is 1. The molecule has 96 valence electrons. The van der Waals surface area contributed by atoms with Crippen molar-refractivity contribution in [3.05, 3.63) is 41.6 Å². The van der Waals surface area contributed by atoms with Gasteiger partial charge < -0.3 is 5.73 Å². The molecule has 2 rings (SSSR count). The Bertz CT molecular complexity index is 547. The van der Waals surface area contributed by atoms with Gasteiger partial charge in [-0.2, -0.15) is 5.10 Å². The minimum atomic E-state index is 0.0156. The van der Waals surface area contributed by atoms with E-state index < -0.39 is 0 Å². The molecular weight excluding hydrogens is 222 g/mol. The maximum Gasteiger partial charge on any atom is 0.127 e. The number of nitrogens with zero attached hydrogens (tertiary/aromatic N) is 2. The molecule has 1 aromatic heterocycles. The second-order valence-corrected chi connectivity index (χ2v) is 5.64. The molecule has 18 heavy (non-hydrogen) atoms. The zero-order valence-corrected chi connectivity index (χ0v) is 11.6. The highest BCUT2D eigenvalue weighted by Gasteiger charge is 2.19. The first-order valence-corrected chi connectivity index (χ1v) is 6.37. The highest BCUT2D eigenvalue weighted by atomic mass is 15.3. The predicted molar refractivity (Wildman–Crippen MR) is 76.1 cm³/mol. The number of aromatic nitrogens is 2. The van der Waals surface area contributed by atoms with Gasteiger partial charge in [-0.1, -0.05) is 39.8 Å². The van der Waals surface area contributed by atoms with Crippen molar-refractivity contribution < 1.29 is 0 Å². The maximum atomic E-state index is 6.06. The van der Waals surface area contributed by atoms with Crippen LogP contribution in [0, 0.1) is 0 Å². The highest BCUT2D eigenvalue weighted by Crippen LogP contribution is 2.24. The number of aryl methyl sites for hydroxylation is 1. The van der Waals surface area contributed by atoms with Crippen LogP contribution in [0.3, 0.4) is 0 Å². The summed E-state index contributed by atoms with van der Waals surface area (Å²) in [6, 6.07) is 10.3. The second-order valence-electron chi connectivity index (χ2n) is 5.64. The molecule has 0 saturated heterocycles. The summed E-state index contributed by atoms with van der Waals surface area (Å²) in [6.07, 6.45) is 1.02. The Morgan fingerprint density at radius 3 is 2.50 bits per heavy atom. The number of rotatable bonds is 2. The van der Waals surface area contributed by atoms with Crippen molar-refractivity contribution in [2.24, 2.45) is 0 Å². The number of nitrogens with two attached hydrogens (primary N) is 1. The maximum absolute atomic E-state index is 6.06. The third-order valence-electron chi connectivity index (χ3n) is 3.07. The minimum Gasteiger partial charge on any atom is -0.384 e. The quantitative estimate of drug-likeness (QED) is 0.879. The van der Waals surface area contributed by atoms with Gasteiger partial charge >= 0.3 is 0 Å². The average molecular weight is 243 g/mol. The van der Waals surface area contributed by atoms with E-state index in [-0.39, 0.29) is 5.41 Å². The van der Waals surface area contributed by atoms with Crippen molar-refractivity contribution in [3.63, 3.8) is 0 Å². The van der Waals surface area contributed by atoms with E-state index in [1.807, 2.05) is 22.9 Å². The van der Waals surface area contributed by atoms with Crippen molar-refractivity contribution in [1.82, 2.24) is 9.78 Å². The van der Waals surface area contributed by atoms with Gasteiger partial charge in [-0.25, -0.2) is 4.68 Å². The van der Waals surface area contributed by atoms with Crippen LogP contribution >= 0.6 is 0 Å². The Labute approximate surface area is 109 Å². The molecule has 0 amide bonds. The van der Waals surface area contributed by atoms with Crippen LogP contribution in [0.1, 0.15) is 39.0 Å². The third kappa shape index (κ3) is 2.40. The SMILES string of the molecule is CCc1cccc(-n2nc(C(C)(C)C)cc2N)c1. The summed E-state index contributed by atoms with van der Waals surface area (Å²) in [4.78, 5) is 0. The molecule has 0 radical (unpaired) electrons. The van der Waals surface area contributed by atoms with Crippen molar-refractivity contribution in [1.29, 1.82) is 0 Å². The van der Waals surface area contributed by atoms with E-state index in [1.165, 1.54) is 5.56 Å². The average Bonchev–Trinajstić information content (AvgIpc) is 2.71. The molecule has 0 spiro atoms. The first-order chi connectivity index (χ1) is 8.41. The first-order valence-electron chi connectivity index (χ1n) is 6.37. The minimum absolute atomic E-state index is 0.0156. The van der Waals surface area contributed by atoms with Gasteiger partial charge in [-0.15, -0.1) is 0 Å². The molecule has 1 heterocycles. The first kappa shape index (κ1) is 12.7. The zero-order chi connectivity index (χ0) is 13.3. The molecule has 0 saturated carbocycles. The summed E-state index contributed by atoms with van der Waals surface area (Å²) in [5.74, 6) is 0.688. The topological polar surface area (TPSA) is 43.8 Å². The van der Waals surface area contributed by atoms with Crippen LogP contribution in [0.5, 0.6) is 0 Å². The lowest BCUT2D eigenvalue weighted by atomic mass is 9.92. The van der Waals surface area contributed by atoms with Gasteiger partial charge in [0.2, 0.25) is 0 Å². The van der Waals surface area contributed by atoms with Crippen LogP contribution in [0.25, 0.3) is 5.69 Å². The fraction of sp³-hybridized carbons (Fsp3) is 0.400. The highest BCUT2D eigenvalue weighted by molar-refractivity contribution is 5.45. The Hall–Kier alpha value is -1.77. The normalized spacial score (nSPS) is 11.8. The Kier molecular flexibility index (Phi) is 3.16. The molecule has 0 aliphatic rings. The van der Waals surface area contributed by atoms with Gasteiger partial charge in [0.05, 0.1) is 11.4 Å². The number of benzene rings is 1. The molecular formula is C15H21N3. The van der Waals surface area contributed by atoms with E-state index in [9.17, 15) is 0 Å². The summed E-state index contributed by atoms with van der Waals surface area (Å²) < 4.78 is 1.82. The zero-order valence-electron chi connectivity index (χ0n) is 11.6. The molecule has 0 unspecified atom stereocenters. The lowest BCUT2D eigenvalue weighted by molar-refractivity contribution is 0.560. The Morgan fingerprint density at radius 1 is 1.22 bits per heavy atom. The molecule has 2 aromatic rings. The van der Waals surface area contributed by atoms with E-state index in [1.54, 1.807) is 0 Å². The lowest BCUT2D eigenvalue weighted by Crippen LogP contribution is -2.12. The van der Waals surface area contributed by atoms with Crippen LogP contribution < -0.4 is 5.73 Å². The molecule has 2 N–H and O–H groups in total. The molecule has 0 aliphatic heterocycles. The van der Waals surface area contributed by atoms with E-state index in [0.29, 0.717) is 5.82 Å². The van der Waals surface area contributed by atoms with Gasteiger partial charge in [-0.3, -0.25) is 0 Å². The fourth-order valence-electron chi connectivity index (χ4n) is 1.88. The summed E-state index contributed by atoms with van der Waals surface area (Å²) in [5, 5.41) is 4.62. The van der Waals surface area contributed by atoms with Gasteiger partial charge in [-0.05, 0) is 24.1 Å². The molecule has 0 aliphatic carbocycles. The summed E-state index contributed by atoms with van der Waals surface area (Å²) in [7, 11) is 0. The van der Waals surface area contributed by atoms with Gasteiger partial charge in [0.25, 0.3) is 0 Å². The number of nitrogen functional groups attached to an aromatic ring is 1. The van der Waals surface area contributed by atoms with Crippen LogP contribution in [0.2, 0.25) is 0 Å². The molecule has 3 heteroatoms. The molecule has 0 bridgehead atoms. The van der Waals surface area contributed by atoms with Crippen LogP contribution in [-0.4, -0.2) is 9.78 Å². The van der Waals surface area contributed by atoms with Gasteiger partial charge in [0.1, 0.15) is 5.82 Å². The molecule has 3 nitrogen and oxygen atoms in total. The third-order valence-corrected chi connectivity index (χ3v) is 3.07. The lowest BCUT2D eigenvalue weighted by Gasteiger charge is -2.14. The largest absolute Gasteiger partial charge is 0.384 e. The van der Waals surface area contributed by atoms with E-state index in [4.69, 9.17) is 5.73 Å². The fourth-order valence-corrected chi connectivity index (χ4v) is 1.88. The predicted octanol–water partition coefficient (Wildman–Crippen LogP) is 3.31. The van der Waals surface area contributed by atoms with Crippen molar-refractivity contribution in [2.75, 3.05) is 5.73 Å². The van der Waals surface area contributed by atoms with E-state index in [2.05, 4.69) is 44.9 Å². The monoisotopic (exact) mass is 243 g/mol. The Balaban J connectivity index is 2.47. The van der Waals surface area contributed by atoms with Gasteiger partial charge in [0.15, 0.2) is 0 Å². The molecule has 0 atom stereocenters. The van der Waals surface area contributed by atoms with Crippen molar-refractivity contribution in [2.45, 2.75) is 39.5 Å². The number of anilines is 1. The van der Waals surface area contributed by atoms with E-state index >= 15 is 0 Å². The van der Waals surface area contributed by atoms with Crippen LogP contribution in [0.4, 0.5) is 5.82 Å². The van der Waals surface area contributed by atoms with Crippen LogP contribution in [0.15, 0.2) is 30.3 Å². The van der Waals surface area contributed by atoms with Crippen LogP contribution in [-0.2, 0) is 11.8 Å². The smallest absolute Gasteiger partial charge is 0.127 e. The van der Waals surface area contributed by atoms with Crippen molar-refractivity contribution in [3.8, 4) is 5.69 Å². The second kappa shape index (κ2) is 4.48. The molecule has 0 fully saturated rings. The van der Waals surface area contributed by atoms with E-state index in [0.717, 1.165) is 17.8 Å². The van der Waals surface area contributed by atoms with Crippen molar-refractivity contribution >= 4 is 5.82 Å². The summed E-state index contributed by atoms with van der Waals surface area (Å²) in [6.45, 7) is 8.57. The van der Waals surface area contributed by atoms with Gasteiger partial charge in [0, 0.05) is 11.5 Å². The number of hydrogen-bond acceptors (Lipinski definition) is 2. The summed E-state index contributed by atoms with van der Waals surface area (Å²) in [5.41, 5.74) is 9.41. The Morgan fingerprint density at radius 2 is 1.94 bits per heavy atom.